The highest BCUT2D eigenvalue weighted by Crippen LogP contribution is 2.32. The molecule has 0 radical (unpaired) electrons. The standard InChI is InChI=1S/C24H28N2O6/c1-7-30-21(28)18-13-26-19-16(14-31-24(26,5)6)11-15(12-17(19)20(18)27)9-8-10-25-22(29)32-23(2,3)4/h11-13H,7,10,14H2,1-6H3,(H,25,29). The Bertz CT molecular complexity index is 1190. The molecule has 1 aromatic carbocycles. The van der Waals surface area contributed by atoms with Crippen molar-refractivity contribution in [3.63, 3.8) is 0 Å². The van der Waals surface area contributed by atoms with Gasteiger partial charge in [0.05, 0.1) is 25.3 Å². The van der Waals surface area contributed by atoms with Crippen LogP contribution in [0.1, 0.15) is 63.0 Å². The van der Waals surface area contributed by atoms with Crippen molar-refractivity contribution in [2.24, 2.45) is 0 Å². The zero-order valence-corrected chi connectivity index (χ0v) is 19.3. The number of alkyl carbamates (subject to hydrolysis) is 1. The molecule has 8 nitrogen and oxygen atoms in total. The average Bonchev–Trinajstić information content (AvgIpc) is 2.68. The summed E-state index contributed by atoms with van der Waals surface area (Å²) in [5.74, 6) is 5.14. The summed E-state index contributed by atoms with van der Waals surface area (Å²) < 4.78 is 18.0. The quantitative estimate of drug-likeness (QED) is 0.581. The Morgan fingerprint density at radius 1 is 1.28 bits per heavy atom. The molecule has 32 heavy (non-hydrogen) atoms. The molecule has 170 valence electrons. The first-order valence-corrected chi connectivity index (χ1v) is 10.4. The number of pyridine rings is 1. The molecule has 0 unspecified atom stereocenters. The minimum Gasteiger partial charge on any atom is -0.462 e. The molecule has 0 atom stereocenters. The summed E-state index contributed by atoms with van der Waals surface area (Å²) in [5.41, 5.74) is 0.264. The number of hydrogen-bond donors (Lipinski definition) is 1. The number of ether oxygens (including phenoxy) is 3. The van der Waals surface area contributed by atoms with Crippen molar-refractivity contribution in [1.82, 2.24) is 9.88 Å². The Morgan fingerprint density at radius 3 is 2.66 bits per heavy atom. The molecular formula is C24H28N2O6. The zero-order valence-electron chi connectivity index (χ0n) is 19.3. The second-order valence-corrected chi connectivity index (χ2v) is 8.89. The van der Waals surface area contributed by atoms with E-state index < -0.39 is 28.8 Å². The van der Waals surface area contributed by atoms with Gasteiger partial charge in [-0.2, -0.15) is 0 Å². The summed E-state index contributed by atoms with van der Waals surface area (Å²) in [4.78, 5) is 37.3. The lowest BCUT2D eigenvalue weighted by molar-refractivity contribution is -0.0937. The van der Waals surface area contributed by atoms with Crippen molar-refractivity contribution < 1.29 is 23.8 Å². The number of carbonyl (C=O) groups is 2. The van der Waals surface area contributed by atoms with Crippen LogP contribution in [-0.2, 0) is 26.5 Å². The number of hydrogen-bond acceptors (Lipinski definition) is 6. The Balaban J connectivity index is 2.00. The van der Waals surface area contributed by atoms with Gasteiger partial charge in [-0.05, 0) is 53.7 Å². The fourth-order valence-electron chi connectivity index (χ4n) is 3.41. The van der Waals surface area contributed by atoms with Crippen molar-refractivity contribution in [1.29, 1.82) is 0 Å². The molecule has 0 aliphatic carbocycles. The minimum absolute atomic E-state index is 0.0550. The van der Waals surface area contributed by atoms with E-state index in [0.717, 1.165) is 5.56 Å². The Morgan fingerprint density at radius 2 is 2.00 bits per heavy atom. The van der Waals surface area contributed by atoms with Gasteiger partial charge in [0, 0.05) is 22.7 Å². The molecule has 1 amide bonds. The van der Waals surface area contributed by atoms with E-state index in [1.165, 1.54) is 6.20 Å². The number of amides is 1. The number of nitrogens with one attached hydrogen (secondary N) is 1. The molecule has 2 heterocycles. The third-order valence-corrected chi connectivity index (χ3v) is 4.79. The van der Waals surface area contributed by atoms with E-state index >= 15 is 0 Å². The highest BCUT2D eigenvalue weighted by Gasteiger charge is 2.31. The summed E-state index contributed by atoms with van der Waals surface area (Å²) in [6.45, 7) is 11.3. The van der Waals surface area contributed by atoms with Gasteiger partial charge in [-0.15, -0.1) is 0 Å². The van der Waals surface area contributed by atoms with Crippen LogP contribution in [0.5, 0.6) is 0 Å². The van der Waals surface area contributed by atoms with Crippen LogP contribution in [0.15, 0.2) is 23.1 Å². The van der Waals surface area contributed by atoms with Crippen molar-refractivity contribution >= 4 is 23.0 Å². The first kappa shape index (κ1) is 23.4. The van der Waals surface area contributed by atoms with Gasteiger partial charge in [-0.1, -0.05) is 11.8 Å². The number of carbonyl (C=O) groups excluding carboxylic acids is 2. The van der Waals surface area contributed by atoms with Crippen molar-refractivity contribution in [3.8, 4) is 11.8 Å². The number of benzene rings is 1. The Labute approximate surface area is 186 Å². The zero-order chi connectivity index (χ0) is 23.7. The van der Waals surface area contributed by atoms with Gasteiger partial charge in [-0.25, -0.2) is 9.59 Å². The molecule has 0 saturated carbocycles. The molecule has 3 rings (SSSR count). The molecule has 1 aliphatic rings. The Kier molecular flexibility index (Phi) is 6.33. The van der Waals surface area contributed by atoms with Crippen LogP contribution in [0.3, 0.4) is 0 Å². The summed E-state index contributed by atoms with van der Waals surface area (Å²) in [7, 11) is 0. The van der Waals surface area contributed by atoms with Crippen LogP contribution in [-0.4, -0.2) is 35.4 Å². The SMILES string of the molecule is CCOC(=O)c1cn2c3c(cc(C#CCNC(=O)OC(C)(C)C)cc3c1=O)COC2(C)C. The number of nitrogens with zero attached hydrogens (tertiary/aromatic N) is 1. The maximum absolute atomic E-state index is 13.1. The predicted molar refractivity (Wildman–Crippen MR) is 119 cm³/mol. The van der Waals surface area contributed by atoms with Gasteiger partial charge in [0.2, 0.25) is 5.43 Å². The van der Waals surface area contributed by atoms with Crippen molar-refractivity contribution in [3.05, 3.63) is 45.2 Å². The lowest BCUT2D eigenvalue weighted by Crippen LogP contribution is -2.36. The molecule has 2 aromatic rings. The third kappa shape index (κ3) is 4.94. The van der Waals surface area contributed by atoms with Gasteiger partial charge in [-0.3, -0.25) is 4.79 Å². The first-order chi connectivity index (χ1) is 14.9. The molecule has 1 aliphatic heterocycles. The van der Waals surface area contributed by atoms with Gasteiger partial charge >= 0.3 is 12.1 Å². The fraction of sp³-hybridized carbons (Fsp3) is 0.458. The van der Waals surface area contributed by atoms with Crippen LogP contribution in [0.2, 0.25) is 0 Å². The van der Waals surface area contributed by atoms with Gasteiger partial charge in [0.25, 0.3) is 0 Å². The van der Waals surface area contributed by atoms with Gasteiger partial charge < -0.3 is 24.1 Å². The van der Waals surface area contributed by atoms with Crippen LogP contribution >= 0.6 is 0 Å². The summed E-state index contributed by atoms with van der Waals surface area (Å²) in [6, 6.07) is 3.50. The molecule has 8 heteroatoms. The first-order valence-electron chi connectivity index (χ1n) is 10.4. The van der Waals surface area contributed by atoms with Crippen molar-refractivity contribution in [2.75, 3.05) is 13.2 Å². The van der Waals surface area contributed by atoms with Crippen LogP contribution < -0.4 is 10.7 Å². The fourth-order valence-corrected chi connectivity index (χ4v) is 3.41. The maximum atomic E-state index is 13.1. The monoisotopic (exact) mass is 440 g/mol. The van der Waals surface area contributed by atoms with E-state index in [9.17, 15) is 14.4 Å². The van der Waals surface area contributed by atoms with E-state index in [2.05, 4.69) is 17.2 Å². The summed E-state index contributed by atoms with van der Waals surface area (Å²) in [6.07, 6.45) is 0.944. The normalized spacial score (nSPS) is 14.3. The number of esters is 1. The van der Waals surface area contributed by atoms with Crippen LogP contribution in [0.25, 0.3) is 10.9 Å². The molecule has 0 spiro atoms. The molecule has 0 bridgehead atoms. The lowest BCUT2D eigenvalue weighted by atomic mass is 10.0. The highest BCUT2D eigenvalue weighted by atomic mass is 16.6. The third-order valence-electron chi connectivity index (χ3n) is 4.79. The summed E-state index contributed by atoms with van der Waals surface area (Å²) in [5, 5.41) is 2.94. The second kappa shape index (κ2) is 8.67. The molecule has 1 N–H and O–H groups in total. The maximum Gasteiger partial charge on any atom is 0.408 e. The molecular weight excluding hydrogens is 412 g/mol. The molecule has 0 fully saturated rings. The second-order valence-electron chi connectivity index (χ2n) is 8.89. The van der Waals surface area contributed by atoms with E-state index in [1.807, 2.05) is 19.9 Å². The highest BCUT2D eigenvalue weighted by molar-refractivity contribution is 5.95. The summed E-state index contributed by atoms with van der Waals surface area (Å²) >= 11 is 0. The topological polar surface area (TPSA) is 95.9 Å². The van der Waals surface area contributed by atoms with Gasteiger partial charge in [0.1, 0.15) is 16.9 Å². The van der Waals surface area contributed by atoms with E-state index in [-0.39, 0.29) is 18.7 Å². The predicted octanol–water partition coefficient (Wildman–Crippen LogP) is 3.28. The number of aromatic nitrogens is 1. The number of rotatable bonds is 3. The van der Waals surface area contributed by atoms with Gasteiger partial charge in [0.15, 0.2) is 0 Å². The van der Waals surface area contributed by atoms with Crippen LogP contribution in [0.4, 0.5) is 4.79 Å². The van der Waals surface area contributed by atoms with E-state index in [1.54, 1.807) is 38.3 Å². The minimum atomic E-state index is -0.745. The molecule has 0 saturated heterocycles. The van der Waals surface area contributed by atoms with E-state index in [0.29, 0.717) is 23.1 Å². The van der Waals surface area contributed by atoms with E-state index in [4.69, 9.17) is 14.2 Å². The van der Waals surface area contributed by atoms with Crippen molar-refractivity contribution in [2.45, 2.75) is 59.5 Å². The largest absolute Gasteiger partial charge is 0.462 e. The smallest absolute Gasteiger partial charge is 0.408 e. The van der Waals surface area contributed by atoms with Crippen LogP contribution in [0, 0.1) is 11.8 Å². The average molecular weight is 440 g/mol. The lowest BCUT2D eigenvalue weighted by Gasteiger charge is -2.35. The molecule has 1 aromatic heterocycles. The Hall–Kier alpha value is -3.31.